The monoisotopic (exact) mass is 488 g/mol. The molecular formula is C26H24N4O4S. The van der Waals surface area contributed by atoms with Crippen LogP contribution in [0.15, 0.2) is 88.6 Å². The quantitative estimate of drug-likeness (QED) is 0.460. The second-order valence-corrected chi connectivity index (χ2v) is 10.3. The number of rotatable bonds is 5. The van der Waals surface area contributed by atoms with Crippen LogP contribution in [0.4, 0.5) is 5.69 Å². The van der Waals surface area contributed by atoms with Crippen molar-refractivity contribution in [2.24, 2.45) is 0 Å². The highest BCUT2D eigenvalue weighted by atomic mass is 32.2. The minimum Gasteiger partial charge on any atom is -0.321 e. The number of hydrogen-bond acceptors (Lipinski definition) is 5. The van der Waals surface area contributed by atoms with Gasteiger partial charge in [0.05, 0.1) is 16.0 Å². The van der Waals surface area contributed by atoms with Crippen LogP contribution < -0.4 is 10.9 Å². The van der Waals surface area contributed by atoms with Crippen molar-refractivity contribution >= 4 is 32.4 Å². The van der Waals surface area contributed by atoms with Crippen molar-refractivity contribution in [3.8, 4) is 5.69 Å². The first kappa shape index (κ1) is 22.9. The predicted molar refractivity (Wildman–Crippen MR) is 134 cm³/mol. The molecule has 35 heavy (non-hydrogen) atoms. The van der Waals surface area contributed by atoms with E-state index in [0.717, 1.165) is 19.3 Å². The van der Waals surface area contributed by atoms with Crippen molar-refractivity contribution in [2.45, 2.75) is 24.2 Å². The van der Waals surface area contributed by atoms with E-state index in [-0.39, 0.29) is 16.1 Å². The molecular weight excluding hydrogens is 464 g/mol. The second-order valence-electron chi connectivity index (χ2n) is 8.39. The molecule has 5 rings (SSSR count). The Kier molecular flexibility index (Phi) is 6.19. The predicted octanol–water partition coefficient (Wildman–Crippen LogP) is 3.81. The van der Waals surface area contributed by atoms with Gasteiger partial charge in [0.25, 0.3) is 11.5 Å². The Balaban J connectivity index is 1.46. The first-order valence-corrected chi connectivity index (χ1v) is 12.9. The number of nitrogens with zero attached hydrogens (tertiary/aromatic N) is 3. The van der Waals surface area contributed by atoms with Crippen LogP contribution in [0.1, 0.15) is 29.8 Å². The zero-order chi connectivity index (χ0) is 24.4. The number of benzene rings is 3. The fraction of sp³-hybridized carbons (Fsp3) is 0.192. The number of amides is 1. The highest BCUT2D eigenvalue weighted by Crippen LogP contribution is 2.23. The third-order valence-corrected chi connectivity index (χ3v) is 8.00. The molecule has 2 heterocycles. The van der Waals surface area contributed by atoms with Gasteiger partial charge < -0.3 is 5.32 Å². The summed E-state index contributed by atoms with van der Waals surface area (Å²) in [6, 6.07) is 21.8. The van der Waals surface area contributed by atoms with Crippen LogP contribution in [0, 0.1) is 0 Å². The summed E-state index contributed by atoms with van der Waals surface area (Å²) < 4.78 is 28.5. The number of hydrogen-bond donors (Lipinski definition) is 1. The minimum absolute atomic E-state index is 0.0917. The Morgan fingerprint density at radius 3 is 2.11 bits per heavy atom. The Morgan fingerprint density at radius 1 is 0.800 bits per heavy atom. The first-order valence-electron chi connectivity index (χ1n) is 11.4. The topological polar surface area (TPSA) is 101 Å². The molecule has 0 saturated carbocycles. The van der Waals surface area contributed by atoms with Crippen LogP contribution in [0.2, 0.25) is 0 Å². The number of carbonyl (C=O) groups excluding carboxylic acids is 1. The van der Waals surface area contributed by atoms with Crippen molar-refractivity contribution in [1.82, 2.24) is 14.1 Å². The normalized spacial score (nSPS) is 14.6. The summed E-state index contributed by atoms with van der Waals surface area (Å²) in [6.07, 6.45) is 2.76. The van der Waals surface area contributed by atoms with Gasteiger partial charge in [-0.05, 0) is 55.3 Å². The van der Waals surface area contributed by atoms with Crippen molar-refractivity contribution < 1.29 is 13.2 Å². The van der Waals surface area contributed by atoms with E-state index in [2.05, 4.69) is 10.4 Å². The van der Waals surface area contributed by atoms with Crippen molar-refractivity contribution in [2.75, 3.05) is 18.4 Å². The lowest BCUT2D eigenvalue weighted by Crippen LogP contribution is -2.35. The van der Waals surface area contributed by atoms with Crippen LogP contribution in [-0.2, 0) is 10.0 Å². The van der Waals surface area contributed by atoms with E-state index in [0.29, 0.717) is 35.2 Å². The van der Waals surface area contributed by atoms with Gasteiger partial charge in [0.1, 0.15) is 0 Å². The summed E-state index contributed by atoms with van der Waals surface area (Å²) in [6.45, 7) is 1.05. The molecule has 0 unspecified atom stereocenters. The van der Waals surface area contributed by atoms with Crippen molar-refractivity contribution in [3.05, 3.63) is 94.9 Å². The molecule has 1 aromatic heterocycles. The van der Waals surface area contributed by atoms with Crippen molar-refractivity contribution in [1.29, 1.82) is 0 Å². The maximum atomic E-state index is 13.2. The van der Waals surface area contributed by atoms with Crippen LogP contribution in [0.25, 0.3) is 16.5 Å². The minimum atomic E-state index is -3.56. The highest BCUT2D eigenvalue weighted by molar-refractivity contribution is 7.89. The molecule has 3 aromatic carbocycles. The van der Waals surface area contributed by atoms with Gasteiger partial charge in [-0.25, -0.2) is 8.42 Å². The lowest BCUT2D eigenvalue weighted by atomic mass is 10.1. The zero-order valence-electron chi connectivity index (χ0n) is 18.9. The average Bonchev–Trinajstić information content (AvgIpc) is 2.90. The highest BCUT2D eigenvalue weighted by Gasteiger charge is 2.26. The van der Waals surface area contributed by atoms with Gasteiger partial charge in [-0.3, -0.25) is 9.59 Å². The molecule has 1 aliphatic heterocycles. The molecule has 1 amide bonds. The van der Waals surface area contributed by atoms with Crippen LogP contribution >= 0.6 is 0 Å². The second kappa shape index (κ2) is 9.44. The maximum Gasteiger partial charge on any atom is 0.279 e. The number of anilines is 1. The summed E-state index contributed by atoms with van der Waals surface area (Å²) in [5, 5.41) is 7.97. The summed E-state index contributed by atoms with van der Waals surface area (Å²) in [4.78, 5) is 26.5. The molecule has 1 N–H and O–H groups in total. The number of nitrogens with one attached hydrogen (secondary N) is 1. The van der Waals surface area contributed by atoms with E-state index in [1.54, 1.807) is 60.7 Å². The van der Waals surface area contributed by atoms with E-state index < -0.39 is 15.9 Å². The number of piperidine rings is 1. The lowest BCUT2D eigenvalue weighted by Gasteiger charge is -2.25. The number of aromatic nitrogens is 2. The van der Waals surface area contributed by atoms with Crippen molar-refractivity contribution in [3.63, 3.8) is 0 Å². The van der Waals surface area contributed by atoms with E-state index in [4.69, 9.17) is 0 Å². The van der Waals surface area contributed by atoms with E-state index in [1.165, 1.54) is 21.1 Å². The van der Waals surface area contributed by atoms with Gasteiger partial charge in [-0.2, -0.15) is 14.1 Å². The first-order chi connectivity index (χ1) is 16.9. The lowest BCUT2D eigenvalue weighted by molar-refractivity contribution is 0.102. The molecule has 1 fully saturated rings. The Morgan fingerprint density at radius 2 is 1.43 bits per heavy atom. The van der Waals surface area contributed by atoms with Gasteiger partial charge in [0.2, 0.25) is 10.0 Å². The third-order valence-electron chi connectivity index (χ3n) is 6.09. The molecule has 178 valence electrons. The molecule has 9 heteroatoms. The summed E-state index contributed by atoms with van der Waals surface area (Å²) >= 11 is 0. The molecule has 0 radical (unpaired) electrons. The Labute approximate surface area is 202 Å². The van der Waals surface area contributed by atoms with Gasteiger partial charge >= 0.3 is 0 Å². The average molecular weight is 489 g/mol. The van der Waals surface area contributed by atoms with E-state index in [1.807, 2.05) is 6.07 Å². The molecule has 1 aliphatic rings. The maximum absolute atomic E-state index is 13.2. The third kappa shape index (κ3) is 4.48. The molecule has 1 saturated heterocycles. The van der Waals surface area contributed by atoms with Gasteiger partial charge in [-0.1, -0.05) is 42.8 Å². The molecule has 0 bridgehead atoms. The Hall–Kier alpha value is -3.82. The number of para-hydroxylation sites is 1. The fourth-order valence-corrected chi connectivity index (χ4v) is 5.77. The summed E-state index contributed by atoms with van der Waals surface area (Å²) in [7, 11) is -3.56. The number of sulfonamides is 1. The molecule has 4 aromatic rings. The zero-order valence-corrected chi connectivity index (χ0v) is 19.7. The largest absolute Gasteiger partial charge is 0.321 e. The van der Waals surface area contributed by atoms with Gasteiger partial charge in [-0.15, -0.1) is 0 Å². The standard InChI is InChI=1S/C26H24N4O4S/c31-25(27-19-13-15-21(16-14-19)35(33,34)29-17-7-2-8-18-29)24-22-11-5-6-12-23(22)26(32)30(28-24)20-9-3-1-4-10-20/h1,3-6,9-16H,2,7-8,17-18H2,(H,27,31). The summed E-state index contributed by atoms with van der Waals surface area (Å²) in [5.74, 6) is -0.502. The van der Waals surface area contributed by atoms with E-state index >= 15 is 0 Å². The van der Waals surface area contributed by atoms with Gasteiger partial charge in [0.15, 0.2) is 5.69 Å². The number of fused-ring (bicyclic) bond motifs is 1. The van der Waals surface area contributed by atoms with Crippen LogP contribution in [-0.4, -0.2) is 41.5 Å². The van der Waals surface area contributed by atoms with Crippen LogP contribution in [0.5, 0.6) is 0 Å². The fourth-order valence-electron chi connectivity index (χ4n) is 4.26. The summed E-state index contributed by atoms with van der Waals surface area (Å²) in [5.41, 5.74) is 0.741. The van der Waals surface area contributed by atoms with E-state index in [9.17, 15) is 18.0 Å². The molecule has 0 atom stereocenters. The number of carbonyl (C=O) groups is 1. The SMILES string of the molecule is O=C(Nc1ccc(S(=O)(=O)N2CCCCC2)cc1)c1nn(-c2ccccc2)c(=O)c2ccccc12. The Bertz CT molecular complexity index is 1540. The molecule has 0 aliphatic carbocycles. The molecule has 8 nitrogen and oxygen atoms in total. The van der Waals surface area contributed by atoms with Crippen LogP contribution in [0.3, 0.4) is 0 Å². The van der Waals surface area contributed by atoms with Gasteiger partial charge in [0, 0.05) is 24.2 Å². The molecule has 0 spiro atoms. The smallest absolute Gasteiger partial charge is 0.279 e.